The molecule has 5 heteroatoms. The van der Waals surface area contributed by atoms with E-state index < -0.39 is 10.8 Å². The molecule has 4 nitrogen and oxygen atoms in total. The molecule has 0 heterocycles. The molecule has 0 aromatic heterocycles. The standard InChI is InChI=1S/C9H20N2O2S/c1-4-11(5-2)9(12)10-7-6-8-14(3)13/h4-8H2,1-3H3,(H,10,12). The molecule has 2 amide bonds. The third-order valence-electron chi connectivity index (χ3n) is 1.94. The van der Waals surface area contributed by atoms with Crippen LogP contribution >= 0.6 is 0 Å². The molecule has 0 aliphatic rings. The zero-order valence-electron chi connectivity index (χ0n) is 9.21. The molecule has 1 atom stereocenters. The molecular formula is C9H20N2O2S. The van der Waals surface area contributed by atoms with Crippen molar-refractivity contribution in [1.29, 1.82) is 0 Å². The van der Waals surface area contributed by atoms with Crippen LogP contribution in [-0.2, 0) is 10.8 Å². The second kappa shape index (κ2) is 7.79. The van der Waals surface area contributed by atoms with Gasteiger partial charge < -0.3 is 10.2 Å². The summed E-state index contributed by atoms with van der Waals surface area (Å²) in [5.41, 5.74) is 0. The molecule has 1 unspecified atom stereocenters. The minimum Gasteiger partial charge on any atom is -0.338 e. The van der Waals surface area contributed by atoms with Crippen LogP contribution in [0.3, 0.4) is 0 Å². The van der Waals surface area contributed by atoms with E-state index in [9.17, 15) is 9.00 Å². The number of carbonyl (C=O) groups excluding carboxylic acids is 1. The Hall–Kier alpha value is -0.580. The van der Waals surface area contributed by atoms with E-state index in [0.29, 0.717) is 12.3 Å². The van der Waals surface area contributed by atoms with Crippen molar-refractivity contribution >= 4 is 16.8 Å². The first-order valence-electron chi connectivity index (χ1n) is 4.94. The summed E-state index contributed by atoms with van der Waals surface area (Å²) in [7, 11) is -0.759. The number of rotatable bonds is 6. The lowest BCUT2D eigenvalue weighted by atomic mass is 10.5. The van der Waals surface area contributed by atoms with E-state index in [4.69, 9.17) is 0 Å². The fourth-order valence-corrected chi connectivity index (χ4v) is 1.64. The van der Waals surface area contributed by atoms with Crippen molar-refractivity contribution in [2.75, 3.05) is 31.6 Å². The molecule has 0 rings (SSSR count). The summed E-state index contributed by atoms with van der Waals surface area (Å²) in [6.45, 7) is 5.95. The Kier molecular flexibility index (Phi) is 7.47. The molecular weight excluding hydrogens is 200 g/mol. The summed E-state index contributed by atoms with van der Waals surface area (Å²) < 4.78 is 10.7. The molecule has 1 N–H and O–H groups in total. The van der Waals surface area contributed by atoms with Gasteiger partial charge in [-0.3, -0.25) is 4.21 Å². The summed E-state index contributed by atoms with van der Waals surface area (Å²) >= 11 is 0. The summed E-state index contributed by atoms with van der Waals surface area (Å²) in [5.74, 6) is 0.651. The smallest absolute Gasteiger partial charge is 0.317 e. The minimum absolute atomic E-state index is 0.0307. The molecule has 0 aliphatic heterocycles. The zero-order valence-corrected chi connectivity index (χ0v) is 10.0. The number of hydrogen-bond donors (Lipinski definition) is 1. The Labute approximate surface area is 88.5 Å². The third kappa shape index (κ3) is 5.96. The lowest BCUT2D eigenvalue weighted by Crippen LogP contribution is -2.40. The van der Waals surface area contributed by atoms with Crippen molar-refractivity contribution < 1.29 is 9.00 Å². The second-order valence-corrected chi connectivity index (χ2v) is 4.59. The van der Waals surface area contributed by atoms with Crippen molar-refractivity contribution in [3.05, 3.63) is 0 Å². The van der Waals surface area contributed by atoms with Crippen LogP contribution < -0.4 is 5.32 Å². The van der Waals surface area contributed by atoms with Gasteiger partial charge in [-0.1, -0.05) is 0 Å². The first-order valence-corrected chi connectivity index (χ1v) is 6.67. The van der Waals surface area contributed by atoms with Crippen LogP contribution in [0.2, 0.25) is 0 Å². The van der Waals surface area contributed by atoms with Crippen LogP contribution in [-0.4, -0.2) is 46.8 Å². The fourth-order valence-electron chi connectivity index (χ4n) is 1.09. The van der Waals surface area contributed by atoms with Gasteiger partial charge in [-0.25, -0.2) is 4.79 Å². The van der Waals surface area contributed by atoms with Crippen LogP contribution in [0.5, 0.6) is 0 Å². The van der Waals surface area contributed by atoms with Gasteiger partial charge in [0.15, 0.2) is 0 Å². The van der Waals surface area contributed by atoms with Gasteiger partial charge in [0.2, 0.25) is 0 Å². The van der Waals surface area contributed by atoms with Crippen molar-refractivity contribution in [2.45, 2.75) is 20.3 Å². The maximum absolute atomic E-state index is 11.4. The van der Waals surface area contributed by atoms with Gasteiger partial charge in [-0.15, -0.1) is 0 Å². The van der Waals surface area contributed by atoms with Crippen molar-refractivity contribution in [3.63, 3.8) is 0 Å². The maximum atomic E-state index is 11.4. The quantitative estimate of drug-likeness (QED) is 0.673. The number of nitrogens with zero attached hydrogens (tertiary/aromatic N) is 1. The number of carbonyl (C=O) groups is 1. The van der Waals surface area contributed by atoms with E-state index in [1.807, 2.05) is 13.8 Å². The minimum atomic E-state index is -0.759. The zero-order chi connectivity index (χ0) is 11.0. The number of urea groups is 1. The number of hydrogen-bond acceptors (Lipinski definition) is 2. The average molecular weight is 220 g/mol. The van der Waals surface area contributed by atoms with Crippen molar-refractivity contribution in [3.8, 4) is 0 Å². The molecule has 0 aromatic rings. The Balaban J connectivity index is 3.57. The first kappa shape index (κ1) is 13.4. The molecule has 0 spiro atoms. The highest BCUT2D eigenvalue weighted by molar-refractivity contribution is 7.84. The van der Waals surface area contributed by atoms with Gasteiger partial charge in [-0.2, -0.15) is 0 Å². The largest absolute Gasteiger partial charge is 0.338 e. The molecule has 84 valence electrons. The van der Waals surface area contributed by atoms with Crippen LogP contribution in [0.15, 0.2) is 0 Å². The van der Waals surface area contributed by atoms with Gasteiger partial charge in [-0.05, 0) is 20.3 Å². The molecule has 0 saturated heterocycles. The third-order valence-corrected chi connectivity index (χ3v) is 2.80. The van der Waals surface area contributed by atoms with Crippen molar-refractivity contribution in [2.24, 2.45) is 0 Å². The Morgan fingerprint density at radius 3 is 2.36 bits per heavy atom. The average Bonchev–Trinajstić information content (AvgIpc) is 2.14. The van der Waals surface area contributed by atoms with Gasteiger partial charge in [0.1, 0.15) is 0 Å². The number of amides is 2. The molecule has 0 fully saturated rings. The van der Waals surface area contributed by atoms with Gasteiger partial charge in [0.05, 0.1) is 0 Å². The first-order chi connectivity index (χ1) is 6.61. The predicted octanol–water partition coefficient (Wildman–Crippen LogP) is 0.806. The lowest BCUT2D eigenvalue weighted by Gasteiger charge is -2.18. The summed E-state index contributed by atoms with van der Waals surface area (Å²) in [6, 6.07) is -0.0307. The molecule has 0 aromatic carbocycles. The lowest BCUT2D eigenvalue weighted by molar-refractivity contribution is 0.203. The summed E-state index contributed by atoms with van der Waals surface area (Å²) in [5, 5.41) is 2.79. The van der Waals surface area contributed by atoms with Gasteiger partial charge >= 0.3 is 6.03 Å². The summed E-state index contributed by atoms with van der Waals surface area (Å²) in [4.78, 5) is 13.1. The summed E-state index contributed by atoms with van der Waals surface area (Å²) in [6.07, 6.45) is 2.45. The SMILES string of the molecule is CCN(CC)C(=O)NCCCS(C)=O. The van der Waals surface area contributed by atoms with Crippen molar-refractivity contribution in [1.82, 2.24) is 10.2 Å². The molecule has 0 aliphatic carbocycles. The van der Waals surface area contributed by atoms with E-state index in [1.165, 1.54) is 0 Å². The second-order valence-electron chi connectivity index (χ2n) is 3.04. The Morgan fingerprint density at radius 2 is 1.93 bits per heavy atom. The van der Waals surface area contributed by atoms with E-state index in [0.717, 1.165) is 19.5 Å². The highest BCUT2D eigenvalue weighted by Gasteiger charge is 2.07. The molecule has 0 radical (unpaired) electrons. The van der Waals surface area contributed by atoms with Crippen LogP contribution in [0.25, 0.3) is 0 Å². The monoisotopic (exact) mass is 220 g/mol. The van der Waals surface area contributed by atoms with E-state index >= 15 is 0 Å². The predicted molar refractivity (Wildman–Crippen MR) is 59.9 cm³/mol. The van der Waals surface area contributed by atoms with Crippen LogP contribution in [0, 0.1) is 0 Å². The van der Waals surface area contributed by atoms with Gasteiger partial charge in [0.25, 0.3) is 0 Å². The van der Waals surface area contributed by atoms with Crippen LogP contribution in [0.4, 0.5) is 4.79 Å². The normalized spacial score (nSPS) is 12.2. The number of nitrogens with one attached hydrogen (secondary N) is 1. The fraction of sp³-hybridized carbons (Fsp3) is 0.889. The van der Waals surface area contributed by atoms with Gasteiger partial charge in [0, 0.05) is 42.4 Å². The maximum Gasteiger partial charge on any atom is 0.317 e. The molecule has 0 bridgehead atoms. The molecule has 14 heavy (non-hydrogen) atoms. The highest BCUT2D eigenvalue weighted by Crippen LogP contribution is 1.88. The Morgan fingerprint density at radius 1 is 1.36 bits per heavy atom. The highest BCUT2D eigenvalue weighted by atomic mass is 32.2. The van der Waals surface area contributed by atoms with Crippen LogP contribution in [0.1, 0.15) is 20.3 Å². The Bertz CT molecular complexity index is 193. The van der Waals surface area contributed by atoms with E-state index in [1.54, 1.807) is 11.2 Å². The topological polar surface area (TPSA) is 49.4 Å². The van der Waals surface area contributed by atoms with E-state index in [2.05, 4.69) is 5.32 Å². The molecule has 0 saturated carbocycles. The van der Waals surface area contributed by atoms with E-state index in [-0.39, 0.29) is 6.03 Å².